The summed E-state index contributed by atoms with van der Waals surface area (Å²) in [7, 11) is 4.36. The second-order valence-corrected chi connectivity index (χ2v) is 8.38. The summed E-state index contributed by atoms with van der Waals surface area (Å²) in [5.41, 5.74) is -1.06. The van der Waals surface area contributed by atoms with E-state index in [0.717, 1.165) is 10.3 Å². The van der Waals surface area contributed by atoms with Crippen LogP contribution in [0.5, 0.6) is 0 Å². The molecule has 0 bridgehead atoms. The van der Waals surface area contributed by atoms with E-state index in [4.69, 9.17) is 0 Å². The summed E-state index contributed by atoms with van der Waals surface area (Å²) in [5.74, 6) is 0. The third-order valence-corrected chi connectivity index (χ3v) is 6.13. The highest BCUT2D eigenvalue weighted by atomic mass is 19.4. The van der Waals surface area contributed by atoms with Gasteiger partial charge in [-0.2, -0.15) is 13.2 Å². The van der Waals surface area contributed by atoms with Crippen molar-refractivity contribution in [2.24, 2.45) is 14.1 Å². The Morgan fingerprint density at radius 1 is 1.18 bits per heavy atom. The molecule has 2 N–H and O–H groups in total. The van der Waals surface area contributed by atoms with Gasteiger partial charge < -0.3 is 19.7 Å². The molecule has 0 radical (unpaired) electrons. The topological polar surface area (TPSA) is 108 Å². The van der Waals surface area contributed by atoms with Crippen molar-refractivity contribution in [2.45, 2.75) is 25.1 Å². The highest BCUT2D eigenvalue weighted by molar-refractivity contribution is 5.89. The molecule has 2 amide bonds. The number of halogens is 3. The van der Waals surface area contributed by atoms with Gasteiger partial charge in [-0.3, -0.25) is 19.4 Å². The maximum Gasteiger partial charge on any atom is 0.417 e. The van der Waals surface area contributed by atoms with Crippen LogP contribution < -0.4 is 21.3 Å². The zero-order chi connectivity index (χ0) is 24.8. The van der Waals surface area contributed by atoms with Crippen LogP contribution in [0.2, 0.25) is 0 Å². The number of urea groups is 1. The Balaban J connectivity index is 1.43. The SMILES string of the molecule is CN(C(=O)Nc1cc(C(F)(F)F)cn(C)c1=O)C1CCN(c2cnc3[nH]n(C)c(=O)c3c2)CC1. The standard InChI is InChI=1S/C21H24F3N7O3/c1-28-11-12(21(22,23)24)8-16(19(28)33)26-20(34)29(2)13-4-6-31(7-5-13)14-9-15-17(25-10-14)27-30(3)18(15)32/h8-11,13H,4-7H2,1-3H3,(H,25,27)(H,26,34). The lowest BCUT2D eigenvalue weighted by Gasteiger charge is -2.37. The predicted molar refractivity (Wildman–Crippen MR) is 120 cm³/mol. The number of alkyl halides is 3. The van der Waals surface area contributed by atoms with E-state index in [9.17, 15) is 27.6 Å². The molecule has 1 fully saturated rings. The molecule has 1 aliphatic heterocycles. The zero-order valence-corrected chi connectivity index (χ0v) is 18.8. The molecular weight excluding hydrogens is 455 g/mol. The van der Waals surface area contributed by atoms with Gasteiger partial charge in [0.2, 0.25) is 0 Å². The van der Waals surface area contributed by atoms with Crippen LogP contribution in [0.15, 0.2) is 34.1 Å². The molecule has 4 heterocycles. The molecule has 1 saturated heterocycles. The van der Waals surface area contributed by atoms with Crippen molar-refractivity contribution in [2.75, 3.05) is 30.4 Å². The van der Waals surface area contributed by atoms with Crippen molar-refractivity contribution in [3.8, 4) is 0 Å². The van der Waals surface area contributed by atoms with Gasteiger partial charge in [-0.25, -0.2) is 9.78 Å². The number of nitrogens with one attached hydrogen (secondary N) is 2. The average Bonchev–Trinajstić information content (AvgIpc) is 3.08. The molecule has 34 heavy (non-hydrogen) atoms. The number of aromatic nitrogens is 4. The molecule has 0 aromatic carbocycles. The molecule has 0 saturated carbocycles. The molecule has 0 aliphatic carbocycles. The summed E-state index contributed by atoms with van der Waals surface area (Å²) in [4.78, 5) is 44.9. The second kappa shape index (κ2) is 8.54. The number of fused-ring (bicyclic) bond motifs is 1. The first-order valence-corrected chi connectivity index (χ1v) is 10.6. The molecule has 4 rings (SSSR count). The Kier molecular flexibility index (Phi) is 5.87. The van der Waals surface area contributed by atoms with Crippen molar-refractivity contribution >= 4 is 28.4 Å². The Labute approximate surface area is 191 Å². The fraction of sp³-hybridized carbons (Fsp3) is 0.429. The Hall–Kier alpha value is -3.77. The Morgan fingerprint density at radius 3 is 2.50 bits per heavy atom. The molecule has 0 atom stereocenters. The maximum atomic E-state index is 13.1. The smallest absolute Gasteiger partial charge is 0.370 e. The van der Waals surface area contributed by atoms with Crippen LogP contribution in [0.4, 0.5) is 29.3 Å². The number of H-pyrrole nitrogens is 1. The minimum atomic E-state index is -4.65. The highest BCUT2D eigenvalue weighted by Gasteiger charge is 2.33. The molecule has 13 heteroatoms. The van der Waals surface area contributed by atoms with E-state index in [1.165, 1.54) is 16.6 Å². The van der Waals surface area contributed by atoms with Gasteiger partial charge in [-0.1, -0.05) is 0 Å². The number of aryl methyl sites for hydroxylation is 2. The van der Waals surface area contributed by atoms with E-state index in [2.05, 4.69) is 20.3 Å². The summed E-state index contributed by atoms with van der Waals surface area (Å²) < 4.78 is 41.4. The first-order chi connectivity index (χ1) is 16.0. The monoisotopic (exact) mass is 479 g/mol. The molecule has 1 aliphatic rings. The number of carbonyl (C=O) groups excluding carboxylic acids is 1. The molecule has 3 aromatic rings. The lowest BCUT2D eigenvalue weighted by Crippen LogP contribution is -2.47. The minimum absolute atomic E-state index is 0.170. The van der Waals surface area contributed by atoms with E-state index < -0.39 is 29.0 Å². The van der Waals surface area contributed by atoms with E-state index >= 15 is 0 Å². The number of amides is 2. The molecular formula is C21H24F3N7O3. The summed E-state index contributed by atoms with van der Waals surface area (Å²) in [5, 5.41) is 5.68. The summed E-state index contributed by atoms with van der Waals surface area (Å²) >= 11 is 0. The van der Waals surface area contributed by atoms with Crippen molar-refractivity contribution in [1.82, 2.24) is 24.2 Å². The Bertz CT molecular complexity index is 1350. The first-order valence-electron chi connectivity index (χ1n) is 10.6. The fourth-order valence-corrected chi connectivity index (χ4v) is 4.11. The molecule has 3 aromatic heterocycles. The zero-order valence-electron chi connectivity index (χ0n) is 18.8. The van der Waals surface area contributed by atoms with E-state index in [1.54, 1.807) is 26.4 Å². The third kappa shape index (κ3) is 4.37. The maximum absolute atomic E-state index is 13.1. The fourth-order valence-electron chi connectivity index (χ4n) is 4.11. The third-order valence-electron chi connectivity index (χ3n) is 6.13. The van der Waals surface area contributed by atoms with Crippen LogP contribution in [-0.4, -0.2) is 56.4 Å². The lowest BCUT2D eigenvalue weighted by atomic mass is 10.0. The average molecular weight is 479 g/mol. The highest BCUT2D eigenvalue weighted by Crippen LogP contribution is 2.30. The van der Waals surface area contributed by atoms with Crippen LogP contribution in [-0.2, 0) is 20.3 Å². The van der Waals surface area contributed by atoms with Crippen LogP contribution in [0.1, 0.15) is 18.4 Å². The second-order valence-electron chi connectivity index (χ2n) is 8.38. The van der Waals surface area contributed by atoms with E-state index in [0.29, 0.717) is 49.2 Å². The largest absolute Gasteiger partial charge is 0.417 e. The number of hydrogen-bond donors (Lipinski definition) is 2. The van der Waals surface area contributed by atoms with Crippen molar-refractivity contribution in [3.63, 3.8) is 0 Å². The van der Waals surface area contributed by atoms with E-state index in [-0.39, 0.29) is 11.6 Å². The minimum Gasteiger partial charge on any atom is -0.370 e. The number of hydrogen-bond acceptors (Lipinski definition) is 5. The van der Waals surface area contributed by atoms with Crippen molar-refractivity contribution in [1.29, 1.82) is 0 Å². The van der Waals surface area contributed by atoms with Gasteiger partial charge >= 0.3 is 12.2 Å². The van der Waals surface area contributed by atoms with Gasteiger partial charge in [0.15, 0.2) is 5.65 Å². The van der Waals surface area contributed by atoms with E-state index in [1.807, 2.05) is 0 Å². The van der Waals surface area contributed by atoms with Gasteiger partial charge in [0.1, 0.15) is 5.69 Å². The normalized spacial score (nSPS) is 15.1. The quantitative estimate of drug-likeness (QED) is 0.598. The van der Waals surface area contributed by atoms with Crippen LogP contribution >= 0.6 is 0 Å². The number of aromatic amines is 1. The molecule has 0 spiro atoms. The van der Waals surface area contributed by atoms with Crippen LogP contribution in [0.3, 0.4) is 0 Å². The van der Waals surface area contributed by atoms with Gasteiger partial charge in [0.05, 0.1) is 22.8 Å². The molecule has 0 unspecified atom stereocenters. The predicted octanol–water partition coefficient (Wildman–Crippen LogP) is 2.11. The number of piperidine rings is 1. The van der Waals surface area contributed by atoms with Crippen molar-refractivity contribution < 1.29 is 18.0 Å². The number of anilines is 2. The Morgan fingerprint density at radius 2 is 1.85 bits per heavy atom. The van der Waals surface area contributed by atoms with Gasteiger partial charge in [-0.05, 0) is 25.0 Å². The lowest BCUT2D eigenvalue weighted by molar-refractivity contribution is -0.138. The van der Waals surface area contributed by atoms with Gasteiger partial charge in [0, 0.05) is 46.5 Å². The number of nitrogens with zero attached hydrogens (tertiary/aromatic N) is 5. The number of rotatable bonds is 3. The van der Waals surface area contributed by atoms with Gasteiger partial charge in [0.25, 0.3) is 11.1 Å². The molecule has 10 nitrogen and oxygen atoms in total. The van der Waals surface area contributed by atoms with Crippen molar-refractivity contribution in [3.05, 3.63) is 50.8 Å². The van der Waals surface area contributed by atoms with Crippen LogP contribution in [0.25, 0.3) is 11.0 Å². The van der Waals surface area contributed by atoms with Gasteiger partial charge in [-0.15, -0.1) is 0 Å². The summed E-state index contributed by atoms with van der Waals surface area (Å²) in [6.45, 7) is 1.18. The summed E-state index contributed by atoms with van der Waals surface area (Å²) in [6.07, 6.45) is -1.10. The number of carbonyl (C=O) groups is 1. The van der Waals surface area contributed by atoms with Crippen LogP contribution in [0, 0.1) is 0 Å². The molecule has 182 valence electrons. The first kappa shape index (κ1) is 23.4. The summed E-state index contributed by atoms with van der Waals surface area (Å²) in [6, 6.07) is 1.59. The number of pyridine rings is 2.